The molecular formula is C20H17N3. The van der Waals surface area contributed by atoms with Gasteiger partial charge in [-0.25, -0.2) is 4.98 Å². The lowest BCUT2D eigenvalue weighted by Gasteiger charge is -2.12. The van der Waals surface area contributed by atoms with Crippen LogP contribution in [-0.2, 0) is 0 Å². The number of aryl methyl sites for hydroxylation is 2. The standard InChI is InChI=1S/C20H17N3/c1-13-6-5-8-15(10-13)17-11-19(23-20(22)18(17)12-21)16-9-4-3-7-14(16)2/h3-11H,1-2H3,(H2,22,23). The fourth-order valence-corrected chi connectivity index (χ4v) is 2.72. The first-order valence-electron chi connectivity index (χ1n) is 7.44. The van der Waals surface area contributed by atoms with Gasteiger partial charge in [-0.15, -0.1) is 0 Å². The quantitative estimate of drug-likeness (QED) is 0.758. The predicted molar refractivity (Wildman–Crippen MR) is 93.7 cm³/mol. The van der Waals surface area contributed by atoms with Crippen LogP contribution in [0.3, 0.4) is 0 Å². The SMILES string of the molecule is Cc1cccc(-c2cc(-c3ccccc3C)nc(N)c2C#N)c1. The molecule has 0 unspecified atom stereocenters. The average Bonchev–Trinajstić information content (AvgIpc) is 2.54. The number of rotatable bonds is 2. The maximum atomic E-state index is 9.48. The Balaban J connectivity index is 2.27. The summed E-state index contributed by atoms with van der Waals surface area (Å²) in [6.45, 7) is 4.07. The highest BCUT2D eigenvalue weighted by Crippen LogP contribution is 2.32. The van der Waals surface area contributed by atoms with Crippen LogP contribution in [0, 0.1) is 25.2 Å². The molecule has 2 aromatic carbocycles. The summed E-state index contributed by atoms with van der Waals surface area (Å²) in [5.41, 5.74) is 12.4. The average molecular weight is 299 g/mol. The number of anilines is 1. The van der Waals surface area contributed by atoms with E-state index < -0.39 is 0 Å². The Morgan fingerprint density at radius 2 is 1.74 bits per heavy atom. The molecule has 0 saturated carbocycles. The molecule has 0 bridgehead atoms. The minimum atomic E-state index is 0.268. The van der Waals surface area contributed by atoms with Gasteiger partial charge in [0.1, 0.15) is 17.5 Å². The monoisotopic (exact) mass is 299 g/mol. The third-order valence-corrected chi connectivity index (χ3v) is 3.91. The van der Waals surface area contributed by atoms with Gasteiger partial charge < -0.3 is 5.73 Å². The molecule has 0 aliphatic heterocycles. The van der Waals surface area contributed by atoms with E-state index in [4.69, 9.17) is 5.73 Å². The van der Waals surface area contributed by atoms with Crippen molar-refractivity contribution in [3.63, 3.8) is 0 Å². The molecule has 3 heteroatoms. The van der Waals surface area contributed by atoms with Crippen molar-refractivity contribution in [2.45, 2.75) is 13.8 Å². The second-order valence-electron chi connectivity index (χ2n) is 5.61. The summed E-state index contributed by atoms with van der Waals surface area (Å²) < 4.78 is 0. The van der Waals surface area contributed by atoms with Gasteiger partial charge in [0.2, 0.25) is 0 Å². The number of nitrogens with zero attached hydrogens (tertiary/aromatic N) is 2. The fraction of sp³-hybridized carbons (Fsp3) is 0.100. The first-order chi connectivity index (χ1) is 11.1. The van der Waals surface area contributed by atoms with Gasteiger partial charge in [-0.3, -0.25) is 0 Å². The van der Waals surface area contributed by atoms with Crippen molar-refractivity contribution in [2.24, 2.45) is 0 Å². The van der Waals surface area contributed by atoms with Gasteiger partial charge in [-0.2, -0.15) is 5.26 Å². The number of hydrogen-bond donors (Lipinski definition) is 1. The minimum Gasteiger partial charge on any atom is -0.383 e. The van der Waals surface area contributed by atoms with E-state index in [-0.39, 0.29) is 5.82 Å². The first kappa shape index (κ1) is 14.8. The maximum absolute atomic E-state index is 9.48. The van der Waals surface area contributed by atoms with Crippen LogP contribution in [0.15, 0.2) is 54.6 Å². The summed E-state index contributed by atoms with van der Waals surface area (Å²) in [7, 11) is 0. The molecule has 1 aromatic heterocycles. The topological polar surface area (TPSA) is 62.7 Å². The Morgan fingerprint density at radius 3 is 2.43 bits per heavy atom. The van der Waals surface area contributed by atoms with Gasteiger partial charge in [0.05, 0.1) is 5.69 Å². The summed E-state index contributed by atoms with van der Waals surface area (Å²) in [5.74, 6) is 0.268. The second kappa shape index (κ2) is 5.94. The Bertz CT molecular complexity index is 920. The highest BCUT2D eigenvalue weighted by molar-refractivity contribution is 5.80. The van der Waals surface area contributed by atoms with E-state index in [1.54, 1.807) is 0 Å². The van der Waals surface area contributed by atoms with Crippen LogP contribution in [0.25, 0.3) is 22.4 Å². The minimum absolute atomic E-state index is 0.268. The number of nitriles is 1. The molecule has 0 spiro atoms. The Kier molecular flexibility index (Phi) is 3.82. The van der Waals surface area contributed by atoms with Crippen molar-refractivity contribution in [3.8, 4) is 28.5 Å². The number of nitrogens with two attached hydrogens (primary N) is 1. The van der Waals surface area contributed by atoms with Crippen LogP contribution in [-0.4, -0.2) is 4.98 Å². The number of aromatic nitrogens is 1. The van der Waals surface area contributed by atoms with E-state index in [9.17, 15) is 5.26 Å². The zero-order valence-corrected chi connectivity index (χ0v) is 13.2. The van der Waals surface area contributed by atoms with E-state index in [1.807, 2.05) is 62.4 Å². The zero-order chi connectivity index (χ0) is 16.4. The summed E-state index contributed by atoms with van der Waals surface area (Å²) in [5, 5.41) is 9.48. The molecule has 2 N–H and O–H groups in total. The van der Waals surface area contributed by atoms with Crippen molar-refractivity contribution >= 4 is 5.82 Å². The third kappa shape index (κ3) is 2.79. The Morgan fingerprint density at radius 1 is 0.957 bits per heavy atom. The lowest BCUT2D eigenvalue weighted by atomic mass is 9.96. The maximum Gasteiger partial charge on any atom is 0.142 e. The van der Waals surface area contributed by atoms with Crippen LogP contribution in [0.4, 0.5) is 5.82 Å². The molecule has 0 saturated heterocycles. The molecule has 112 valence electrons. The Labute approximate surface area is 136 Å². The number of benzene rings is 2. The molecule has 0 fully saturated rings. The smallest absolute Gasteiger partial charge is 0.142 e. The van der Waals surface area contributed by atoms with Crippen LogP contribution in [0.5, 0.6) is 0 Å². The van der Waals surface area contributed by atoms with Gasteiger partial charge in [-0.05, 0) is 31.0 Å². The number of nitrogen functional groups attached to an aromatic ring is 1. The van der Waals surface area contributed by atoms with Crippen molar-refractivity contribution in [2.75, 3.05) is 5.73 Å². The van der Waals surface area contributed by atoms with Gasteiger partial charge in [-0.1, -0.05) is 54.1 Å². The molecule has 0 radical (unpaired) electrons. The van der Waals surface area contributed by atoms with Crippen LogP contribution >= 0.6 is 0 Å². The molecule has 3 nitrogen and oxygen atoms in total. The van der Waals surface area contributed by atoms with Gasteiger partial charge >= 0.3 is 0 Å². The van der Waals surface area contributed by atoms with E-state index >= 15 is 0 Å². The van der Waals surface area contributed by atoms with Gasteiger partial charge in [0.15, 0.2) is 0 Å². The second-order valence-corrected chi connectivity index (χ2v) is 5.61. The predicted octanol–water partition coefficient (Wildman–Crippen LogP) is 4.49. The van der Waals surface area contributed by atoms with Crippen molar-refractivity contribution in [1.29, 1.82) is 5.26 Å². The zero-order valence-electron chi connectivity index (χ0n) is 13.2. The van der Waals surface area contributed by atoms with Crippen molar-refractivity contribution in [3.05, 3.63) is 71.3 Å². The summed E-state index contributed by atoms with van der Waals surface area (Å²) in [6.07, 6.45) is 0. The van der Waals surface area contributed by atoms with Gasteiger partial charge in [0, 0.05) is 11.1 Å². The summed E-state index contributed by atoms with van der Waals surface area (Å²) in [4.78, 5) is 4.44. The molecule has 3 rings (SSSR count). The molecular weight excluding hydrogens is 282 g/mol. The third-order valence-electron chi connectivity index (χ3n) is 3.91. The number of hydrogen-bond acceptors (Lipinski definition) is 3. The van der Waals surface area contributed by atoms with Crippen molar-refractivity contribution in [1.82, 2.24) is 4.98 Å². The summed E-state index contributed by atoms with van der Waals surface area (Å²) in [6, 6.07) is 20.2. The summed E-state index contributed by atoms with van der Waals surface area (Å²) >= 11 is 0. The van der Waals surface area contributed by atoms with E-state index in [0.29, 0.717) is 5.56 Å². The van der Waals surface area contributed by atoms with Crippen LogP contribution < -0.4 is 5.73 Å². The van der Waals surface area contributed by atoms with E-state index in [0.717, 1.165) is 33.5 Å². The van der Waals surface area contributed by atoms with Crippen LogP contribution in [0.1, 0.15) is 16.7 Å². The van der Waals surface area contributed by atoms with Crippen molar-refractivity contribution < 1.29 is 0 Å². The highest BCUT2D eigenvalue weighted by atomic mass is 14.8. The molecule has 0 amide bonds. The highest BCUT2D eigenvalue weighted by Gasteiger charge is 2.14. The van der Waals surface area contributed by atoms with E-state index in [2.05, 4.69) is 17.1 Å². The first-order valence-corrected chi connectivity index (χ1v) is 7.44. The van der Waals surface area contributed by atoms with Gasteiger partial charge in [0.25, 0.3) is 0 Å². The molecule has 1 heterocycles. The Hall–Kier alpha value is -3.12. The van der Waals surface area contributed by atoms with E-state index in [1.165, 1.54) is 0 Å². The van der Waals surface area contributed by atoms with Crippen LogP contribution in [0.2, 0.25) is 0 Å². The molecule has 23 heavy (non-hydrogen) atoms. The molecule has 0 atom stereocenters. The molecule has 3 aromatic rings. The molecule has 0 aliphatic carbocycles. The fourth-order valence-electron chi connectivity index (χ4n) is 2.72. The molecule has 0 aliphatic rings. The largest absolute Gasteiger partial charge is 0.383 e. The normalized spacial score (nSPS) is 10.3. The lowest BCUT2D eigenvalue weighted by Crippen LogP contribution is -2.00. The number of pyridine rings is 1. The lowest BCUT2D eigenvalue weighted by molar-refractivity contribution is 1.29.